The fraction of sp³-hybridized carbons (Fsp3) is 0.625. The Morgan fingerprint density at radius 3 is 2.54 bits per heavy atom. The summed E-state index contributed by atoms with van der Waals surface area (Å²) in [6.45, 7) is 8.65. The van der Waals surface area contributed by atoms with Crippen LogP contribution in [-0.4, -0.2) is 62.3 Å². The van der Waals surface area contributed by atoms with Crippen LogP contribution in [0.15, 0.2) is 6.07 Å². The Bertz CT molecular complexity index is 660. The summed E-state index contributed by atoms with van der Waals surface area (Å²) < 4.78 is 0. The molecule has 0 atom stereocenters. The molecule has 2 aromatic heterocycles. The highest BCUT2D eigenvalue weighted by Gasteiger charge is 2.20. The van der Waals surface area contributed by atoms with E-state index in [0.29, 0.717) is 13.1 Å². The van der Waals surface area contributed by atoms with Crippen molar-refractivity contribution in [1.29, 1.82) is 0 Å². The molecule has 0 aromatic carbocycles. The van der Waals surface area contributed by atoms with Crippen LogP contribution in [0.5, 0.6) is 0 Å². The van der Waals surface area contributed by atoms with Crippen molar-refractivity contribution in [1.82, 2.24) is 15.3 Å². The molecule has 0 amide bonds. The second-order valence-corrected chi connectivity index (χ2v) is 7.05. The summed E-state index contributed by atoms with van der Waals surface area (Å²) >= 11 is 1.76. The first kappa shape index (κ1) is 17.3. The molecule has 0 radical (unpaired) electrons. The van der Waals surface area contributed by atoms with Crippen LogP contribution in [0.2, 0.25) is 0 Å². The first-order valence-electron chi connectivity index (χ1n) is 8.68. The van der Waals surface area contributed by atoms with E-state index in [-0.39, 0.29) is 0 Å². The lowest BCUT2D eigenvalue weighted by Gasteiger charge is -2.29. The molecule has 1 saturated heterocycles. The maximum atomic E-state index is 5.81. The summed E-state index contributed by atoms with van der Waals surface area (Å²) in [4.78, 5) is 16.6. The van der Waals surface area contributed by atoms with Crippen molar-refractivity contribution in [3.05, 3.63) is 10.9 Å². The van der Waals surface area contributed by atoms with Crippen molar-refractivity contribution < 1.29 is 0 Å². The molecule has 3 heterocycles. The Balaban J connectivity index is 2.06. The molecule has 7 nitrogen and oxygen atoms in total. The summed E-state index contributed by atoms with van der Waals surface area (Å²) in [7, 11) is 0. The van der Waals surface area contributed by atoms with E-state index in [1.807, 2.05) is 0 Å². The Morgan fingerprint density at radius 2 is 1.92 bits per heavy atom. The highest BCUT2D eigenvalue weighted by Crippen LogP contribution is 2.33. The number of aryl methyl sites for hydroxylation is 1. The molecule has 24 heavy (non-hydrogen) atoms. The van der Waals surface area contributed by atoms with Crippen LogP contribution in [0, 0.1) is 0 Å². The number of aromatic nitrogens is 2. The van der Waals surface area contributed by atoms with Gasteiger partial charge in [-0.25, -0.2) is 4.98 Å². The fourth-order valence-corrected chi connectivity index (χ4v) is 3.96. The molecule has 2 aromatic rings. The summed E-state index contributed by atoms with van der Waals surface area (Å²) in [6.07, 6.45) is 1.01. The largest absolute Gasteiger partial charge is 0.353 e. The molecule has 5 N–H and O–H groups in total. The maximum absolute atomic E-state index is 5.81. The van der Waals surface area contributed by atoms with Crippen molar-refractivity contribution in [3.8, 4) is 0 Å². The number of nitrogens with one attached hydrogen (secondary N) is 1. The zero-order chi connectivity index (χ0) is 16.9. The molecule has 0 spiro atoms. The van der Waals surface area contributed by atoms with Gasteiger partial charge in [0.1, 0.15) is 10.6 Å². The van der Waals surface area contributed by atoms with Gasteiger partial charge in [0.15, 0.2) is 0 Å². The molecule has 0 unspecified atom stereocenters. The molecular formula is C16H27N7S. The van der Waals surface area contributed by atoms with E-state index in [1.54, 1.807) is 11.3 Å². The molecule has 0 saturated carbocycles. The summed E-state index contributed by atoms with van der Waals surface area (Å²) in [5.74, 6) is 1.79. The molecule has 8 heteroatoms. The van der Waals surface area contributed by atoms with Crippen molar-refractivity contribution in [3.63, 3.8) is 0 Å². The number of nitrogens with zero attached hydrogens (tertiary/aromatic N) is 4. The topological polar surface area (TPSA) is 96.3 Å². The van der Waals surface area contributed by atoms with Crippen LogP contribution < -0.4 is 26.6 Å². The van der Waals surface area contributed by atoms with Gasteiger partial charge in [-0.15, -0.1) is 11.3 Å². The third-order valence-corrected chi connectivity index (χ3v) is 5.43. The van der Waals surface area contributed by atoms with Crippen LogP contribution in [0.4, 0.5) is 11.8 Å². The molecule has 0 aliphatic carbocycles. The third kappa shape index (κ3) is 3.61. The van der Waals surface area contributed by atoms with Gasteiger partial charge in [0.05, 0.1) is 5.39 Å². The predicted molar refractivity (Wildman–Crippen MR) is 102 cm³/mol. The van der Waals surface area contributed by atoms with Gasteiger partial charge in [0.2, 0.25) is 5.95 Å². The van der Waals surface area contributed by atoms with Crippen molar-refractivity contribution in [2.24, 2.45) is 11.5 Å². The van der Waals surface area contributed by atoms with E-state index in [0.717, 1.165) is 67.7 Å². The van der Waals surface area contributed by atoms with E-state index in [2.05, 4.69) is 28.1 Å². The van der Waals surface area contributed by atoms with E-state index in [1.165, 1.54) is 4.88 Å². The van der Waals surface area contributed by atoms with Gasteiger partial charge in [0, 0.05) is 57.2 Å². The van der Waals surface area contributed by atoms with Crippen LogP contribution in [0.3, 0.4) is 0 Å². The van der Waals surface area contributed by atoms with Gasteiger partial charge in [-0.3, -0.25) is 0 Å². The molecule has 1 aliphatic heterocycles. The SMILES string of the molecule is CCc1cc2c(N(CCN)CCN)nc(N3CCNCC3)nc2s1. The van der Waals surface area contributed by atoms with E-state index < -0.39 is 0 Å². The van der Waals surface area contributed by atoms with Gasteiger partial charge in [-0.2, -0.15) is 4.98 Å². The maximum Gasteiger partial charge on any atom is 0.228 e. The normalized spacial score (nSPS) is 15.2. The second kappa shape index (κ2) is 8.06. The zero-order valence-electron chi connectivity index (χ0n) is 14.3. The van der Waals surface area contributed by atoms with E-state index in [4.69, 9.17) is 21.4 Å². The Morgan fingerprint density at radius 1 is 1.21 bits per heavy atom. The number of hydrogen-bond acceptors (Lipinski definition) is 8. The summed E-state index contributed by atoms with van der Waals surface area (Å²) in [5, 5.41) is 4.50. The van der Waals surface area contributed by atoms with E-state index in [9.17, 15) is 0 Å². The van der Waals surface area contributed by atoms with Crippen LogP contribution in [0.25, 0.3) is 10.2 Å². The van der Waals surface area contributed by atoms with Gasteiger partial charge in [-0.05, 0) is 12.5 Å². The first-order valence-corrected chi connectivity index (χ1v) is 9.49. The van der Waals surface area contributed by atoms with Crippen molar-refractivity contribution in [2.45, 2.75) is 13.3 Å². The lowest BCUT2D eigenvalue weighted by molar-refractivity contribution is 0.580. The fourth-order valence-electron chi connectivity index (χ4n) is 3.00. The monoisotopic (exact) mass is 349 g/mol. The predicted octanol–water partition coefficient (Wildman–Crippen LogP) is 0.387. The van der Waals surface area contributed by atoms with Crippen molar-refractivity contribution in [2.75, 3.05) is 62.2 Å². The molecule has 132 valence electrons. The number of anilines is 2. The average Bonchev–Trinajstić information content (AvgIpc) is 3.05. The lowest BCUT2D eigenvalue weighted by atomic mass is 10.3. The quantitative estimate of drug-likeness (QED) is 0.665. The zero-order valence-corrected chi connectivity index (χ0v) is 15.1. The number of hydrogen-bond donors (Lipinski definition) is 3. The average molecular weight is 350 g/mol. The minimum absolute atomic E-state index is 0.583. The van der Waals surface area contributed by atoms with Gasteiger partial charge >= 0.3 is 0 Å². The van der Waals surface area contributed by atoms with Crippen LogP contribution >= 0.6 is 11.3 Å². The summed E-state index contributed by atoms with van der Waals surface area (Å²) in [6, 6.07) is 2.22. The molecular weight excluding hydrogens is 322 g/mol. The number of thiophene rings is 1. The minimum atomic E-state index is 0.583. The number of piperazine rings is 1. The smallest absolute Gasteiger partial charge is 0.228 e. The molecule has 3 rings (SSSR count). The van der Waals surface area contributed by atoms with Gasteiger partial charge < -0.3 is 26.6 Å². The second-order valence-electron chi connectivity index (χ2n) is 5.93. The van der Waals surface area contributed by atoms with Gasteiger partial charge in [0.25, 0.3) is 0 Å². The number of nitrogens with two attached hydrogens (primary N) is 2. The lowest BCUT2D eigenvalue weighted by Crippen LogP contribution is -2.44. The molecule has 0 bridgehead atoms. The Hall–Kier alpha value is -1.48. The first-order chi connectivity index (χ1) is 11.8. The summed E-state index contributed by atoms with van der Waals surface area (Å²) in [5.41, 5.74) is 11.6. The van der Waals surface area contributed by atoms with Crippen molar-refractivity contribution >= 4 is 33.3 Å². The Kier molecular flexibility index (Phi) is 5.83. The van der Waals surface area contributed by atoms with E-state index >= 15 is 0 Å². The highest BCUT2D eigenvalue weighted by molar-refractivity contribution is 7.18. The van der Waals surface area contributed by atoms with Crippen LogP contribution in [-0.2, 0) is 6.42 Å². The van der Waals surface area contributed by atoms with Crippen LogP contribution in [0.1, 0.15) is 11.8 Å². The third-order valence-electron chi connectivity index (χ3n) is 4.26. The van der Waals surface area contributed by atoms with Gasteiger partial charge in [-0.1, -0.05) is 6.92 Å². The number of fused-ring (bicyclic) bond motifs is 1. The highest BCUT2D eigenvalue weighted by atomic mass is 32.1. The molecule has 1 aliphatic rings. The Labute approximate surface area is 147 Å². The standard InChI is InChI=1S/C16H27N7S/c1-2-12-11-13-14(22(7-3-17)8-4-18)20-16(21-15(13)24-12)23-9-5-19-6-10-23/h11,19H,2-10,17-18H2,1H3. The minimum Gasteiger partial charge on any atom is -0.353 e. The molecule has 1 fully saturated rings. The number of rotatable bonds is 7.